The van der Waals surface area contributed by atoms with Gasteiger partial charge >= 0.3 is 19.8 Å². The van der Waals surface area contributed by atoms with E-state index >= 15 is 0 Å². The molecule has 30 heavy (non-hydrogen) atoms. The number of fused-ring (bicyclic) bond motifs is 1. The summed E-state index contributed by atoms with van der Waals surface area (Å²) in [5, 5.41) is 4.70. The van der Waals surface area contributed by atoms with Gasteiger partial charge in [-0.1, -0.05) is 16.8 Å². The highest BCUT2D eigenvalue weighted by atomic mass is 35.5. The zero-order valence-corrected chi connectivity index (χ0v) is 16.6. The number of thiazole rings is 1. The zero-order valence-electron chi connectivity index (χ0n) is 14.2. The van der Waals surface area contributed by atoms with Crippen LogP contribution in [-0.2, 0) is 10.7 Å². The minimum Gasteiger partial charge on any atom is -0.329 e. The summed E-state index contributed by atoms with van der Waals surface area (Å²) in [4.78, 5) is 39.1. The highest BCUT2D eigenvalue weighted by Gasteiger charge is 2.39. The van der Waals surface area contributed by atoms with Crippen LogP contribution in [0.1, 0.15) is 21.3 Å². The lowest BCUT2D eigenvalue weighted by Crippen LogP contribution is -2.04. The molecule has 0 amide bonds. The first-order chi connectivity index (χ1) is 13.9. The number of halogens is 4. The van der Waals surface area contributed by atoms with Gasteiger partial charge in [-0.3, -0.25) is 9.13 Å². The van der Waals surface area contributed by atoms with Gasteiger partial charge in [-0.2, -0.15) is 18.2 Å². The first kappa shape index (κ1) is 20.7. The Kier molecular flexibility index (Phi) is 4.83. The van der Waals surface area contributed by atoms with Crippen LogP contribution < -0.4 is 0 Å². The maximum absolute atomic E-state index is 12.9. The fourth-order valence-corrected chi connectivity index (χ4v) is 4.26. The number of alkyl halides is 3. The molecule has 1 aromatic carbocycles. The first-order valence-corrected chi connectivity index (χ1v) is 10.6. The van der Waals surface area contributed by atoms with Gasteiger partial charge in [0.25, 0.3) is 0 Å². The van der Waals surface area contributed by atoms with Crippen molar-refractivity contribution in [2.45, 2.75) is 6.18 Å². The monoisotopic (exact) mass is 478 g/mol. The largest absolute Gasteiger partial charge is 0.471 e. The van der Waals surface area contributed by atoms with Crippen LogP contribution in [0.5, 0.6) is 0 Å². The molecule has 156 valence electrons. The van der Waals surface area contributed by atoms with Gasteiger partial charge < -0.3 is 14.3 Å². The average Bonchev–Trinajstić information content (AvgIpc) is 3.36. The van der Waals surface area contributed by atoms with Gasteiger partial charge in [-0.15, -0.1) is 11.3 Å². The van der Waals surface area contributed by atoms with E-state index in [9.17, 15) is 32.3 Å². The lowest BCUT2D eigenvalue weighted by Gasteiger charge is -2.06. The molecule has 0 aliphatic rings. The second kappa shape index (κ2) is 7.00. The number of carbonyl (C=O) groups excluding carboxylic acids is 1. The van der Waals surface area contributed by atoms with Crippen molar-refractivity contribution in [2.24, 2.45) is 0 Å². The molecule has 4 aromatic rings. The Balaban J connectivity index is 1.76. The van der Waals surface area contributed by atoms with Gasteiger partial charge in [0.1, 0.15) is 5.69 Å². The van der Waals surface area contributed by atoms with Crippen LogP contribution in [0.4, 0.5) is 13.2 Å². The lowest BCUT2D eigenvalue weighted by atomic mass is 10.1. The number of hydrogen-bond acceptors (Lipinski definition) is 7. The Morgan fingerprint density at radius 2 is 2.00 bits per heavy atom. The molecule has 0 aliphatic heterocycles. The molecule has 3 heterocycles. The molecule has 4 rings (SSSR count). The van der Waals surface area contributed by atoms with Gasteiger partial charge in [-0.25, -0.2) is 9.55 Å². The van der Waals surface area contributed by atoms with E-state index in [4.69, 9.17) is 11.6 Å². The summed E-state index contributed by atoms with van der Waals surface area (Å²) in [5.74, 6) is -2.73. The van der Waals surface area contributed by atoms with Crippen molar-refractivity contribution in [3.63, 3.8) is 0 Å². The number of carbonyl (C=O) groups is 1. The minimum absolute atomic E-state index is 0.0702. The van der Waals surface area contributed by atoms with E-state index in [1.54, 1.807) is 0 Å². The van der Waals surface area contributed by atoms with E-state index in [1.165, 1.54) is 23.6 Å². The van der Waals surface area contributed by atoms with Crippen molar-refractivity contribution in [3.8, 4) is 11.5 Å². The summed E-state index contributed by atoms with van der Waals surface area (Å²) >= 11 is 6.74. The minimum atomic E-state index is -4.83. The van der Waals surface area contributed by atoms with E-state index < -0.39 is 31.4 Å². The van der Waals surface area contributed by atoms with Gasteiger partial charge in [0, 0.05) is 22.0 Å². The third-order valence-corrected chi connectivity index (χ3v) is 5.84. The van der Waals surface area contributed by atoms with E-state index in [1.807, 2.05) is 0 Å². The number of benzene rings is 1. The third kappa shape index (κ3) is 3.66. The Morgan fingerprint density at radius 1 is 1.27 bits per heavy atom. The summed E-state index contributed by atoms with van der Waals surface area (Å²) in [7, 11) is -4.78. The van der Waals surface area contributed by atoms with E-state index in [-0.39, 0.29) is 32.2 Å². The van der Waals surface area contributed by atoms with Crippen LogP contribution in [0, 0.1) is 0 Å². The molecule has 0 aliphatic carbocycles. The second-order valence-corrected chi connectivity index (χ2v) is 8.60. The molecule has 0 saturated carbocycles. The molecule has 3 aromatic heterocycles. The molecule has 2 N–H and O–H groups in total. The summed E-state index contributed by atoms with van der Waals surface area (Å²) in [6.45, 7) is 0. The number of hydrogen-bond donors (Lipinski definition) is 2. The number of ketones is 1. The highest BCUT2D eigenvalue weighted by Crippen LogP contribution is 2.43. The molecule has 0 bridgehead atoms. The Hall–Kier alpha value is -2.57. The Morgan fingerprint density at radius 3 is 2.63 bits per heavy atom. The van der Waals surface area contributed by atoms with Gasteiger partial charge in [0.15, 0.2) is 5.01 Å². The van der Waals surface area contributed by atoms with Crippen molar-refractivity contribution >= 4 is 47.4 Å². The summed E-state index contributed by atoms with van der Waals surface area (Å²) in [6, 6.07) is 4.11. The van der Waals surface area contributed by atoms with Crippen molar-refractivity contribution in [3.05, 3.63) is 51.3 Å². The maximum Gasteiger partial charge on any atom is 0.471 e. The SMILES string of the molecule is O=C(c1nc(-c2noc(C(F)(F)F)n2)cs1)c1cn(P(=O)(O)O)c2ccc(Cl)cc12. The Bertz CT molecular complexity index is 1340. The summed E-state index contributed by atoms with van der Waals surface area (Å²) in [5.41, 5.74) is -0.152. The molecule has 0 radical (unpaired) electrons. The molecule has 0 unspecified atom stereocenters. The molecule has 9 nitrogen and oxygen atoms in total. The van der Waals surface area contributed by atoms with Gasteiger partial charge in [-0.05, 0) is 18.2 Å². The fourth-order valence-electron chi connectivity index (χ4n) is 2.62. The lowest BCUT2D eigenvalue weighted by molar-refractivity contribution is -0.159. The fraction of sp³-hybridized carbons (Fsp3) is 0.0667. The number of nitrogens with zero attached hydrogens (tertiary/aromatic N) is 4. The highest BCUT2D eigenvalue weighted by molar-refractivity contribution is 7.50. The molecule has 0 atom stereocenters. The quantitative estimate of drug-likeness (QED) is 0.332. The standard InChI is InChI=1S/C15H7ClF3N4O5PS/c16-6-1-2-10-7(3-6)8(4-23(10)29(25,26)27)11(24)13-20-9(5-30-13)12-21-14(28-22-12)15(17,18)19/h1-5H,(H2,25,26,27). The molecule has 0 fully saturated rings. The first-order valence-electron chi connectivity index (χ1n) is 7.73. The smallest absolute Gasteiger partial charge is 0.329 e. The molecule has 0 spiro atoms. The van der Waals surface area contributed by atoms with Crippen LogP contribution in [0.15, 0.2) is 34.3 Å². The molecule has 15 heteroatoms. The maximum atomic E-state index is 12.9. The van der Waals surface area contributed by atoms with Crippen molar-refractivity contribution in [1.29, 1.82) is 0 Å². The van der Waals surface area contributed by atoms with Crippen molar-refractivity contribution < 1.29 is 36.8 Å². The van der Waals surface area contributed by atoms with E-state index in [0.717, 1.165) is 17.5 Å². The van der Waals surface area contributed by atoms with E-state index in [0.29, 0.717) is 4.34 Å². The van der Waals surface area contributed by atoms with Crippen molar-refractivity contribution in [1.82, 2.24) is 19.5 Å². The molecular weight excluding hydrogens is 472 g/mol. The van der Waals surface area contributed by atoms with Crippen LogP contribution in [0.3, 0.4) is 0 Å². The molecule has 0 saturated heterocycles. The zero-order chi connectivity index (χ0) is 21.8. The number of aromatic nitrogens is 4. The van der Waals surface area contributed by atoms with Crippen LogP contribution in [-0.4, -0.2) is 35.0 Å². The predicted molar refractivity (Wildman–Crippen MR) is 98.2 cm³/mol. The second-order valence-electron chi connectivity index (χ2n) is 5.85. The summed E-state index contributed by atoms with van der Waals surface area (Å²) in [6.07, 6.45) is -3.86. The van der Waals surface area contributed by atoms with Gasteiger partial charge in [0.2, 0.25) is 11.6 Å². The predicted octanol–water partition coefficient (Wildman–Crippen LogP) is 3.99. The average molecular weight is 479 g/mol. The molecular formula is C15H7ClF3N4O5PS. The van der Waals surface area contributed by atoms with E-state index in [2.05, 4.69) is 19.6 Å². The van der Waals surface area contributed by atoms with Crippen LogP contribution in [0.2, 0.25) is 5.02 Å². The van der Waals surface area contributed by atoms with Crippen LogP contribution in [0.25, 0.3) is 22.4 Å². The van der Waals surface area contributed by atoms with Crippen molar-refractivity contribution in [2.75, 3.05) is 0 Å². The number of rotatable bonds is 4. The Labute approximate surface area is 172 Å². The topological polar surface area (TPSA) is 131 Å². The third-order valence-electron chi connectivity index (χ3n) is 3.87. The normalized spacial score (nSPS) is 12.6. The van der Waals surface area contributed by atoms with Gasteiger partial charge in [0.05, 0.1) is 11.1 Å². The van der Waals surface area contributed by atoms with Crippen LogP contribution >= 0.6 is 30.7 Å². The summed E-state index contributed by atoms with van der Waals surface area (Å²) < 4.78 is 54.3.